The summed E-state index contributed by atoms with van der Waals surface area (Å²) in [6.45, 7) is 1.80. The van der Waals surface area contributed by atoms with E-state index in [1.54, 1.807) is 19.1 Å². The van der Waals surface area contributed by atoms with Crippen LogP contribution in [0.15, 0.2) is 18.2 Å². The highest BCUT2D eigenvalue weighted by atomic mass is 32.1. The van der Waals surface area contributed by atoms with E-state index in [-0.39, 0.29) is 10.9 Å². The fourth-order valence-electron chi connectivity index (χ4n) is 1.19. The van der Waals surface area contributed by atoms with Gasteiger partial charge in [0.2, 0.25) is 5.12 Å². The van der Waals surface area contributed by atoms with Gasteiger partial charge in [-0.25, -0.2) is 0 Å². The van der Waals surface area contributed by atoms with E-state index < -0.39 is 6.04 Å². The zero-order valence-electron chi connectivity index (χ0n) is 7.90. The topological polar surface area (TPSA) is 63.3 Å². The monoisotopic (exact) mass is 211 g/mol. The predicted octanol–water partition coefficient (Wildman–Crippen LogP) is 1.03. The quantitative estimate of drug-likeness (QED) is 0.654. The van der Waals surface area contributed by atoms with Crippen molar-refractivity contribution >= 4 is 17.7 Å². The van der Waals surface area contributed by atoms with Crippen molar-refractivity contribution in [1.29, 1.82) is 0 Å². The van der Waals surface area contributed by atoms with Crippen molar-refractivity contribution in [3.8, 4) is 5.75 Å². The van der Waals surface area contributed by atoms with Crippen molar-refractivity contribution in [2.24, 2.45) is 5.73 Å². The second-order valence-corrected chi connectivity index (χ2v) is 3.71. The summed E-state index contributed by atoms with van der Waals surface area (Å²) in [5.41, 5.74) is 7.25. The van der Waals surface area contributed by atoms with Gasteiger partial charge in [-0.05, 0) is 30.5 Å². The van der Waals surface area contributed by atoms with Gasteiger partial charge >= 0.3 is 0 Å². The summed E-state index contributed by atoms with van der Waals surface area (Å²) in [6, 6.07) is 4.58. The van der Waals surface area contributed by atoms with Gasteiger partial charge < -0.3 is 10.8 Å². The molecule has 0 bridgehead atoms. The first-order valence-electron chi connectivity index (χ1n) is 4.27. The standard InChI is InChI=1S/C10H13NO2S/c1-6-4-7(2-3-9(6)12)5-8(11)10(13)14/h2-4,8,12H,5,11H2,1H3,(H,13,14)/t8-/m0/s1. The Hall–Kier alpha value is -1.00. The molecule has 0 unspecified atom stereocenters. The zero-order chi connectivity index (χ0) is 10.7. The molecule has 3 N–H and O–H groups in total. The van der Waals surface area contributed by atoms with Gasteiger partial charge in [0, 0.05) is 0 Å². The van der Waals surface area contributed by atoms with Gasteiger partial charge in [-0.15, -0.1) is 12.6 Å². The van der Waals surface area contributed by atoms with Crippen LogP contribution in [0.25, 0.3) is 0 Å². The molecule has 0 radical (unpaired) electrons. The Balaban J connectivity index is 2.78. The predicted molar refractivity (Wildman–Crippen MR) is 58.5 cm³/mol. The largest absolute Gasteiger partial charge is 0.508 e. The molecular formula is C10H13NO2S. The van der Waals surface area contributed by atoms with Crippen LogP contribution in [0.4, 0.5) is 0 Å². The second-order valence-electron chi connectivity index (χ2n) is 3.27. The van der Waals surface area contributed by atoms with E-state index in [2.05, 4.69) is 12.6 Å². The molecule has 0 aliphatic rings. The molecule has 0 aliphatic carbocycles. The Labute approximate surface area is 88.3 Å². The summed E-state index contributed by atoms with van der Waals surface area (Å²) in [7, 11) is 0. The third-order valence-corrected chi connectivity index (χ3v) is 2.37. The van der Waals surface area contributed by atoms with Gasteiger partial charge in [0.25, 0.3) is 0 Å². The minimum atomic E-state index is -0.581. The van der Waals surface area contributed by atoms with Gasteiger partial charge in [0.15, 0.2) is 0 Å². The number of phenols is 1. The molecular weight excluding hydrogens is 198 g/mol. The lowest BCUT2D eigenvalue weighted by molar-refractivity contribution is -0.111. The van der Waals surface area contributed by atoms with Crippen LogP contribution < -0.4 is 5.73 Å². The molecule has 1 aromatic carbocycles. The summed E-state index contributed by atoms with van der Waals surface area (Å²) in [6.07, 6.45) is 0.448. The normalized spacial score (nSPS) is 12.5. The number of thiol groups is 1. The van der Waals surface area contributed by atoms with E-state index in [9.17, 15) is 9.90 Å². The molecule has 76 valence electrons. The number of hydrogen-bond acceptors (Lipinski definition) is 3. The molecule has 0 aliphatic heterocycles. The minimum Gasteiger partial charge on any atom is -0.508 e. The number of carbonyl (C=O) groups excluding carboxylic acids is 1. The third-order valence-electron chi connectivity index (χ3n) is 2.03. The van der Waals surface area contributed by atoms with Crippen molar-refractivity contribution in [2.75, 3.05) is 0 Å². The van der Waals surface area contributed by atoms with E-state index in [0.29, 0.717) is 6.42 Å². The van der Waals surface area contributed by atoms with Crippen molar-refractivity contribution in [1.82, 2.24) is 0 Å². The molecule has 0 aromatic heterocycles. The number of hydrogen-bond donors (Lipinski definition) is 3. The lowest BCUT2D eigenvalue weighted by Gasteiger charge is -2.08. The lowest BCUT2D eigenvalue weighted by atomic mass is 10.0. The summed E-state index contributed by atoms with van der Waals surface area (Å²) in [4.78, 5) is 10.8. The van der Waals surface area contributed by atoms with Crippen LogP contribution in [0.1, 0.15) is 11.1 Å². The first kappa shape index (κ1) is 11.1. The van der Waals surface area contributed by atoms with Gasteiger partial charge in [0.1, 0.15) is 5.75 Å². The summed E-state index contributed by atoms with van der Waals surface area (Å²) >= 11 is 3.66. The van der Waals surface area contributed by atoms with Crippen LogP contribution in [-0.2, 0) is 11.2 Å². The van der Waals surface area contributed by atoms with Gasteiger partial charge in [-0.2, -0.15) is 0 Å². The Bertz CT molecular complexity index is 352. The Morgan fingerprint density at radius 3 is 2.79 bits per heavy atom. The maximum absolute atomic E-state index is 10.8. The zero-order valence-corrected chi connectivity index (χ0v) is 8.79. The van der Waals surface area contributed by atoms with Crippen LogP contribution in [0, 0.1) is 6.92 Å². The average Bonchev–Trinajstić information content (AvgIpc) is 2.11. The molecule has 0 saturated heterocycles. The summed E-state index contributed by atoms with van der Waals surface area (Å²) < 4.78 is 0. The Kier molecular flexibility index (Phi) is 3.55. The van der Waals surface area contributed by atoms with Crippen LogP contribution in [-0.4, -0.2) is 16.3 Å². The molecule has 3 nitrogen and oxygen atoms in total. The first-order chi connectivity index (χ1) is 6.50. The van der Waals surface area contributed by atoms with Crippen LogP contribution in [0.2, 0.25) is 0 Å². The molecule has 1 atom stereocenters. The Morgan fingerprint density at radius 2 is 2.29 bits per heavy atom. The minimum absolute atomic E-state index is 0.250. The van der Waals surface area contributed by atoms with E-state index in [1.807, 2.05) is 6.07 Å². The van der Waals surface area contributed by atoms with Crippen molar-refractivity contribution in [3.05, 3.63) is 29.3 Å². The van der Waals surface area contributed by atoms with E-state index in [1.165, 1.54) is 0 Å². The van der Waals surface area contributed by atoms with Crippen molar-refractivity contribution in [2.45, 2.75) is 19.4 Å². The van der Waals surface area contributed by atoms with Crippen LogP contribution in [0.5, 0.6) is 5.75 Å². The highest BCUT2D eigenvalue weighted by Gasteiger charge is 2.10. The highest BCUT2D eigenvalue weighted by molar-refractivity contribution is 7.96. The molecule has 1 aromatic rings. The van der Waals surface area contributed by atoms with Gasteiger partial charge in [-0.1, -0.05) is 12.1 Å². The molecule has 1 rings (SSSR count). The fourth-order valence-corrected chi connectivity index (χ4v) is 1.28. The van der Waals surface area contributed by atoms with Gasteiger partial charge in [-0.3, -0.25) is 4.79 Å². The number of carbonyl (C=O) groups is 1. The molecule has 14 heavy (non-hydrogen) atoms. The number of rotatable bonds is 3. The smallest absolute Gasteiger partial charge is 0.202 e. The Morgan fingerprint density at radius 1 is 1.64 bits per heavy atom. The SMILES string of the molecule is Cc1cc(C[C@H](N)C(=O)S)ccc1O. The van der Waals surface area contributed by atoms with Crippen LogP contribution in [0.3, 0.4) is 0 Å². The van der Waals surface area contributed by atoms with E-state index in [0.717, 1.165) is 11.1 Å². The number of aromatic hydroxyl groups is 1. The second kappa shape index (κ2) is 4.48. The number of phenolic OH excluding ortho intramolecular Hbond substituents is 1. The summed E-state index contributed by atoms with van der Waals surface area (Å²) in [5.74, 6) is 0.250. The van der Waals surface area contributed by atoms with E-state index in [4.69, 9.17) is 5.73 Å². The maximum atomic E-state index is 10.8. The molecule has 0 saturated carbocycles. The highest BCUT2D eigenvalue weighted by Crippen LogP contribution is 2.17. The average molecular weight is 211 g/mol. The first-order valence-corrected chi connectivity index (χ1v) is 4.72. The van der Waals surface area contributed by atoms with Crippen molar-refractivity contribution < 1.29 is 9.90 Å². The molecule has 0 fully saturated rings. The van der Waals surface area contributed by atoms with Crippen LogP contribution >= 0.6 is 12.6 Å². The maximum Gasteiger partial charge on any atom is 0.202 e. The molecule has 0 spiro atoms. The van der Waals surface area contributed by atoms with Crippen molar-refractivity contribution in [3.63, 3.8) is 0 Å². The number of nitrogens with two attached hydrogens (primary N) is 1. The molecule has 0 amide bonds. The lowest BCUT2D eigenvalue weighted by Crippen LogP contribution is -2.29. The fraction of sp³-hybridized carbons (Fsp3) is 0.300. The van der Waals surface area contributed by atoms with Gasteiger partial charge in [0.05, 0.1) is 6.04 Å². The molecule has 4 heteroatoms. The molecule has 0 heterocycles. The number of benzene rings is 1. The summed E-state index contributed by atoms with van der Waals surface area (Å²) in [5, 5.41) is 8.95. The number of aryl methyl sites for hydroxylation is 1. The van der Waals surface area contributed by atoms with E-state index >= 15 is 0 Å². The third kappa shape index (κ3) is 2.75.